The van der Waals surface area contributed by atoms with E-state index in [1.165, 1.54) is 23.5 Å². The number of hydrogen-bond acceptors (Lipinski definition) is 9. The van der Waals surface area contributed by atoms with Crippen LogP contribution >= 0.6 is 0 Å². The summed E-state index contributed by atoms with van der Waals surface area (Å²) in [4.78, 5) is 60.2. The van der Waals surface area contributed by atoms with Crippen LogP contribution in [0.5, 0.6) is 0 Å². The zero-order valence-electron chi connectivity index (χ0n) is 21.7. The minimum absolute atomic E-state index is 0.0270. The molecule has 1 aliphatic heterocycles. The standard InChI is InChI=1S/C25H32BN5O7/c1-15(2)12-19(26-37-21(24(34)35)20(31(3)4)25(36)38-26)30-22(32)17(13-16-8-6-5-7-9-16)29-23(33)18-14-27-10-11-28-18/h5-11,14-15,17,19-21H,12-13H2,1-4H3,(H,29,33)(H,30,32)(H,34,35)/t17?,19-,20+,21+/m0/s1. The molecule has 4 atom stereocenters. The summed E-state index contributed by atoms with van der Waals surface area (Å²) in [6, 6.07) is 6.96. The Bertz CT molecular complexity index is 1120. The lowest BCUT2D eigenvalue weighted by Gasteiger charge is -2.37. The van der Waals surface area contributed by atoms with E-state index in [0.717, 1.165) is 5.56 Å². The molecule has 0 bridgehead atoms. The van der Waals surface area contributed by atoms with Gasteiger partial charge in [0.1, 0.15) is 17.8 Å². The monoisotopic (exact) mass is 525 g/mol. The summed E-state index contributed by atoms with van der Waals surface area (Å²) in [7, 11) is 1.76. The molecule has 1 aromatic carbocycles. The van der Waals surface area contributed by atoms with Gasteiger partial charge in [-0.1, -0.05) is 44.2 Å². The van der Waals surface area contributed by atoms with Gasteiger partial charge in [-0.25, -0.2) is 9.78 Å². The first-order valence-corrected chi connectivity index (χ1v) is 12.2. The van der Waals surface area contributed by atoms with E-state index in [-0.39, 0.29) is 18.0 Å². The SMILES string of the molecule is CC(C)C[C@H](NC(=O)C(Cc1ccccc1)NC(=O)c1cnccn1)B1OC(=O)[C@H](N(C)C)[C@H](C(=O)O)O1. The maximum Gasteiger partial charge on any atom is 0.552 e. The topological polar surface area (TPSA) is 160 Å². The molecule has 13 heteroatoms. The second kappa shape index (κ2) is 13.1. The Kier molecular flexibility index (Phi) is 9.91. The van der Waals surface area contributed by atoms with Crippen LogP contribution < -0.4 is 10.6 Å². The van der Waals surface area contributed by atoms with Crippen molar-refractivity contribution < 1.29 is 33.6 Å². The summed E-state index contributed by atoms with van der Waals surface area (Å²) in [5.74, 6) is -4.08. The molecule has 202 valence electrons. The van der Waals surface area contributed by atoms with Gasteiger partial charge in [0.05, 0.1) is 12.1 Å². The zero-order valence-corrected chi connectivity index (χ0v) is 21.7. The van der Waals surface area contributed by atoms with Crippen LogP contribution in [0.2, 0.25) is 0 Å². The summed E-state index contributed by atoms with van der Waals surface area (Å²) < 4.78 is 11.2. The number of likely N-dealkylation sites (N-methyl/N-ethyl adjacent to an activating group) is 1. The second-order valence-electron chi connectivity index (χ2n) is 9.66. The quantitative estimate of drug-likeness (QED) is 0.349. The van der Waals surface area contributed by atoms with Crippen LogP contribution in [0, 0.1) is 5.92 Å². The minimum atomic E-state index is -1.49. The third kappa shape index (κ3) is 7.59. The fraction of sp³-hybridized carbons (Fsp3) is 0.440. The van der Waals surface area contributed by atoms with Gasteiger partial charge in [-0.15, -0.1) is 0 Å². The zero-order chi connectivity index (χ0) is 27.8. The molecule has 1 saturated heterocycles. The van der Waals surface area contributed by atoms with Crippen molar-refractivity contribution in [2.45, 2.75) is 50.8 Å². The van der Waals surface area contributed by atoms with Crippen molar-refractivity contribution in [1.82, 2.24) is 25.5 Å². The fourth-order valence-corrected chi connectivity index (χ4v) is 4.14. The van der Waals surface area contributed by atoms with Gasteiger partial charge < -0.3 is 25.0 Å². The molecule has 2 amide bonds. The number of amides is 2. The molecule has 0 spiro atoms. The number of aromatic nitrogens is 2. The summed E-state index contributed by atoms with van der Waals surface area (Å²) in [6.45, 7) is 3.80. The van der Waals surface area contributed by atoms with E-state index in [1.807, 2.05) is 44.2 Å². The Morgan fingerprint density at radius 3 is 2.42 bits per heavy atom. The lowest BCUT2D eigenvalue weighted by Crippen LogP contribution is -2.64. The number of benzene rings is 1. The molecule has 1 aromatic heterocycles. The highest BCUT2D eigenvalue weighted by Gasteiger charge is 2.50. The molecule has 2 aromatic rings. The largest absolute Gasteiger partial charge is 0.552 e. The van der Waals surface area contributed by atoms with Crippen LogP contribution in [-0.4, -0.2) is 89.1 Å². The highest BCUT2D eigenvalue weighted by molar-refractivity contribution is 6.50. The van der Waals surface area contributed by atoms with E-state index < -0.39 is 55.0 Å². The maximum atomic E-state index is 13.5. The van der Waals surface area contributed by atoms with Crippen molar-refractivity contribution >= 4 is 30.9 Å². The third-order valence-corrected chi connectivity index (χ3v) is 5.92. The van der Waals surface area contributed by atoms with E-state index in [4.69, 9.17) is 9.31 Å². The Labute approximate surface area is 221 Å². The number of carbonyl (C=O) groups excluding carboxylic acids is 3. The number of carbonyl (C=O) groups is 4. The molecule has 1 aliphatic rings. The first-order valence-electron chi connectivity index (χ1n) is 12.2. The lowest BCUT2D eigenvalue weighted by molar-refractivity contribution is -0.165. The van der Waals surface area contributed by atoms with Gasteiger partial charge in [0.2, 0.25) is 5.91 Å². The Morgan fingerprint density at radius 2 is 1.84 bits per heavy atom. The molecule has 3 rings (SSSR count). The first-order chi connectivity index (χ1) is 18.1. The number of rotatable bonds is 11. The third-order valence-electron chi connectivity index (χ3n) is 5.92. The second-order valence-corrected chi connectivity index (χ2v) is 9.66. The lowest BCUT2D eigenvalue weighted by atomic mass is 9.72. The molecule has 0 saturated carbocycles. The number of nitrogens with zero attached hydrogens (tertiary/aromatic N) is 3. The van der Waals surface area contributed by atoms with Crippen molar-refractivity contribution in [2.75, 3.05) is 14.1 Å². The van der Waals surface area contributed by atoms with Gasteiger partial charge in [0, 0.05) is 18.8 Å². The summed E-state index contributed by atoms with van der Waals surface area (Å²) in [6.07, 6.45) is 3.08. The van der Waals surface area contributed by atoms with Gasteiger partial charge in [-0.2, -0.15) is 0 Å². The van der Waals surface area contributed by atoms with Crippen LogP contribution in [0.1, 0.15) is 36.3 Å². The molecule has 12 nitrogen and oxygen atoms in total. The molecule has 38 heavy (non-hydrogen) atoms. The number of aliphatic carboxylic acids is 1. The molecule has 1 unspecified atom stereocenters. The minimum Gasteiger partial charge on any atom is -0.507 e. The Hall–Kier alpha value is -3.84. The van der Waals surface area contributed by atoms with Crippen molar-refractivity contribution in [1.29, 1.82) is 0 Å². The highest BCUT2D eigenvalue weighted by atomic mass is 16.6. The Balaban J connectivity index is 1.84. The number of nitrogens with one attached hydrogen (secondary N) is 2. The van der Waals surface area contributed by atoms with Crippen molar-refractivity contribution in [3.05, 3.63) is 60.2 Å². The van der Waals surface area contributed by atoms with Crippen LogP contribution in [0.15, 0.2) is 48.9 Å². The average molecular weight is 525 g/mol. The van der Waals surface area contributed by atoms with Gasteiger partial charge in [-0.3, -0.25) is 24.3 Å². The number of hydrogen-bond donors (Lipinski definition) is 3. The number of carboxylic acids is 1. The van der Waals surface area contributed by atoms with E-state index in [0.29, 0.717) is 6.42 Å². The van der Waals surface area contributed by atoms with E-state index in [9.17, 15) is 24.3 Å². The van der Waals surface area contributed by atoms with Crippen LogP contribution in [0.3, 0.4) is 0 Å². The number of carboxylic acid groups (broad SMARTS) is 1. The van der Waals surface area contributed by atoms with E-state index in [2.05, 4.69) is 20.6 Å². The first kappa shape index (κ1) is 28.7. The van der Waals surface area contributed by atoms with Gasteiger partial charge in [0.25, 0.3) is 5.91 Å². The summed E-state index contributed by atoms with van der Waals surface area (Å²) in [5, 5.41) is 15.2. The highest BCUT2D eigenvalue weighted by Crippen LogP contribution is 2.21. The molecular formula is C25H32BN5O7. The molecule has 0 aliphatic carbocycles. The fourth-order valence-electron chi connectivity index (χ4n) is 4.14. The van der Waals surface area contributed by atoms with Gasteiger partial charge in [-0.05, 0) is 32.0 Å². The molecule has 0 radical (unpaired) electrons. The maximum absolute atomic E-state index is 13.5. The summed E-state index contributed by atoms with van der Waals surface area (Å²) in [5.41, 5.74) is 0.841. The van der Waals surface area contributed by atoms with E-state index >= 15 is 0 Å². The summed E-state index contributed by atoms with van der Waals surface area (Å²) >= 11 is 0. The van der Waals surface area contributed by atoms with Gasteiger partial charge in [0.15, 0.2) is 6.10 Å². The van der Waals surface area contributed by atoms with Crippen molar-refractivity contribution in [3.8, 4) is 0 Å². The normalized spacial score (nSPS) is 19.0. The molecule has 3 N–H and O–H groups in total. The van der Waals surface area contributed by atoms with Crippen LogP contribution in [0.4, 0.5) is 0 Å². The predicted octanol–water partition coefficient (Wildman–Crippen LogP) is 0.333. The molecule has 1 fully saturated rings. The average Bonchev–Trinajstić information content (AvgIpc) is 2.87. The van der Waals surface area contributed by atoms with Gasteiger partial charge >= 0.3 is 19.1 Å². The molecular weight excluding hydrogens is 493 g/mol. The predicted molar refractivity (Wildman–Crippen MR) is 137 cm³/mol. The van der Waals surface area contributed by atoms with Crippen LogP contribution in [-0.2, 0) is 30.1 Å². The van der Waals surface area contributed by atoms with E-state index in [1.54, 1.807) is 14.1 Å². The Morgan fingerprint density at radius 1 is 1.13 bits per heavy atom. The molecule has 2 heterocycles. The smallest absolute Gasteiger partial charge is 0.507 e. The van der Waals surface area contributed by atoms with Crippen LogP contribution in [0.25, 0.3) is 0 Å². The van der Waals surface area contributed by atoms with Crippen molar-refractivity contribution in [3.63, 3.8) is 0 Å². The van der Waals surface area contributed by atoms with Crippen molar-refractivity contribution in [2.24, 2.45) is 5.92 Å².